The van der Waals surface area contributed by atoms with E-state index in [4.69, 9.17) is 11.6 Å². The number of piperidine rings is 1. The Morgan fingerprint density at radius 3 is 2.38 bits per heavy atom. The van der Waals surface area contributed by atoms with Crippen molar-refractivity contribution in [3.8, 4) is 0 Å². The number of carbonyl (C=O) groups is 1. The molecule has 0 aliphatic carbocycles. The van der Waals surface area contributed by atoms with Gasteiger partial charge in [0.15, 0.2) is 0 Å². The molecule has 2 N–H and O–H groups in total. The highest BCUT2D eigenvalue weighted by Crippen LogP contribution is 2.15. The smallest absolute Gasteiger partial charge is 0.238 e. The number of rotatable bonds is 5. The van der Waals surface area contributed by atoms with Crippen LogP contribution in [0.25, 0.3) is 0 Å². The maximum absolute atomic E-state index is 12.2. The number of halogens is 1. The largest absolute Gasteiger partial charge is 0.325 e. The zero-order valence-electron chi connectivity index (χ0n) is 14.1. The average Bonchev–Trinajstić information content (AvgIpc) is 2.60. The second-order valence-electron chi connectivity index (χ2n) is 6.83. The quantitative estimate of drug-likeness (QED) is 0.851. The minimum atomic E-state index is 0.0455. The third kappa shape index (κ3) is 5.45. The van der Waals surface area contributed by atoms with Gasteiger partial charge >= 0.3 is 0 Å². The van der Waals surface area contributed by atoms with Gasteiger partial charge in [0.1, 0.15) is 0 Å². The van der Waals surface area contributed by atoms with Crippen LogP contribution in [0.15, 0.2) is 24.3 Å². The van der Waals surface area contributed by atoms with Crippen LogP contribution in [0.2, 0.25) is 5.02 Å². The lowest BCUT2D eigenvalue weighted by atomic mass is 9.97. The number of hydrogen-bond donors (Lipinski definition) is 2. The standard InChI is InChI=1S/C18H27ClN4O/c19-16-1-3-17(4-2-16)21-18(24)14-23-11-9-22(10-12-23)13-15-5-7-20-8-6-15/h1-4,15,20H,5-14H2,(H,21,24). The molecule has 24 heavy (non-hydrogen) atoms. The van der Waals surface area contributed by atoms with Crippen molar-refractivity contribution in [2.24, 2.45) is 5.92 Å². The van der Waals surface area contributed by atoms with Crippen LogP contribution in [0.5, 0.6) is 0 Å². The van der Waals surface area contributed by atoms with Gasteiger partial charge in [-0.15, -0.1) is 0 Å². The van der Waals surface area contributed by atoms with E-state index in [-0.39, 0.29) is 5.91 Å². The fourth-order valence-corrected chi connectivity index (χ4v) is 3.62. The number of anilines is 1. The third-order valence-electron chi connectivity index (χ3n) is 4.94. The van der Waals surface area contributed by atoms with Crippen LogP contribution < -0.4 is 10.6 Å². The van der Waals surface area contributed by atoms with E-state index in [1.165, 1.54) is 19.4 Å². The molecule has 0 saturated carbocycles. The molecule has 3 rings (SSSR count). The van der Waals surface area contributed by atoms with Crippen molar-refractivity contribution in [1.29, 1.82) is 0 Å². The second kappa shape index (κ2) is 8.81. The summed E-state index contributed by atoms with van der Waals surface area (Å²) in [7, 11) is 0. The second-order valence-corrected chi connectivity index (χ2v) is 7.26. The van der Waals surface area contributed by atoms with Crippen molar-refractivity contribution < 1.29 is 4.79 Å². The molecule has 0 unspecified atom stereocenters. The summed E-state index contributed by atoms with van der Waals surface area (Å²) < 4.78 is 0. The number of nitrogens with one attached hydrogen (secondary N) is 2. The minimum Gasteiger partial charge on any atom is -0.325 e. The van der Waals surface area contributed by atoms with E-state index in [1.807, 2.05) is 12.1 Å². The molecule has 6 heteroatoms. The molecule has 0 bridgehead atoms. The molecule has 1 amide bonds. The van der Waals surface area contributed by atoms with E-state index >= 15 is 0 Å². The Labute approximate surface area is 149 Å². The van der Waals surface area contributed by atoms with E-state index in [9.17, 15) is 4.79 Å². The molecule has 2 heterocycles. The SMILES string of the molecule is O=C(CN1CCN(CC2CCNCC2)CC1)Nc1ccc(Cl)cc1. The summed E-state index contributed by atoms with van der Waals surface area (Å²) in [4.78, 5) is 17.0. The van der Waals surface area contributed by atoms with Gasteiger partial charge in [0.05, 0.1) is 6.54 Å². The molecule has 0 aromatic heterocycles. The molecular weight excluding hydrogens is 324 g/mol. The van der Waals surface area contributed by atoms with E-state index in [2.05, 4.69) is 20.4 Å². The molecule has 2 aliphatic heterocycles. The Morgan fingerprint density at radius 2 is 1.71 bits per heavy atom. The van der Waals surface area contributed by atoms with Crippen molar-refractivity contribution in [2.75, 3.05) is 57.7 Å². The third-order valence-corrected chi connectivity index (χ3v) is 5.19. The van der Waals surface area contributed by atoms with Crippen molar-refractivity contribution in [3.63, 3.8) is 0 Å². The van der Waals surface area contributed by atoms with Crippen LogP contribution in [0.4, 0.5) is 5.69 Å². The first kappa shape index (κ1) is 17.7. The number of piperazine rings is 1. The predicted molar refractivity (Wildman–Crippen MR) is 98.6 cm³/mol. The summed E-state index contributed by atoms with van der Waals surface area (Å²) in [6.45, 7) is 8.08. The van der Waals surface area contributed by atoms with Crippen LogP contribution in [0.1, 0.15) is 12.8 Å². The fourth-order valence-electron chi connectivity index (χ4n) is 3.50. The Hall–Kier alpha value is -1.14. The highest BCUT2D eigenvalue weighted by atomic mass is 35.5. The van der Waals surface area contributed by atoms with Crippen LogP contribution in [0, 0.1) is 5.92 Å². The molecule has 0 radical (unpaired) electrons. The first-order valence-corrected chi connectivity index (χ1v) is 9.28. The highest BCUT2D eigenvalue weighted by Gasteiger charge is 2.22. The normalized spacial score (nSPS) is 20.9. The molecule has 5 nitrogen and oxygen atoms in total. The topological polar surface area (TPSA) is 47.6 Å². The predicted octanol–water partition coefficient (Wildman–Crippen LogP) is 1.90. The van der Waals surface area contributed by atoms with Crippen LogP contribution in [0.3, 0.4) is 0 Å². The molecule has 1 aromatic rings. The highest BCUT2D eigenvalue weighted by molar-refractivity contribution is 6.30. The molecule has 2 aliphatic rings. The van der Waals surface area contributed by atoms with Crippen molar-refractivity contribution in [3.05, 3.63) is 29.3 Å². The molecule has 2 fully saturated rings. The van der Waals surface area contributed by atoms with Crippen LogP contribution in [-0.2, 0) is 4.79 Å². The summed E-state index contributed by atoms with van der Waals surface area (Å²) in [5.41, 5.74) is 0.800. The zero-order chi connectivity index (χ0) is 16.8. The van der Waals surface area contributed by atoms with Crippen molar-refractivity contribution in [1.82, 2.24) is 15.1 Å². The lowest BCUT2D eigenvalue weighted by Gasteiger charge is -2.37. The summed E-state index contributed by atoms with van der Waals surface area (Å²) in [5, 5.41) is 7.04. The van der Waals surface area contributed by atoms with E-state index < -0.39 is 0 Å². The molecule has 0 spiro atoms. The summed E-state index contributed by atoms with van der Waals surface area (Å²) in [6.07, 6.45) is 2.59. The average molecular weight is 351 g/mol. The van der Waals surface area contributed by atoms with Gasteiger partial charge in [0.25, 0.3) is 0 Å². The number of nitrogens with zero attached hydrogens (tertiary/aromatic N) is 2. The molecule has 2 saturated heterocycles. The molecule has 1 aromatic carbocycles. The van der Waals surface area contributed by atoms with Gasteiger partial charge in [0, 0.05) is 43.4 Å². The Bertz CT molecular complexity index is 522. The van der Waals surface area contributed by atoms with Crippen molar-refractivity contribution >= 4 is 23.2 Å². The number of benzene rings is 1. The first-order chi connectivity index (χ1) is 11.7. The summed E-state index contributed by atoms with van der Waals surface area (Å²) >= 11 is 5.86. The van der Waals surface area contributed by atoms with Gasteiger partial charge in [0.2, 0.25) is 5.91 Å². The summed E-state index contributed by atoms with van der Waals surface area (Å²) in [6, 6.07) is 7.24. The molecule has 132 valence electrons. The zero-order valence-corrected chi connectivity index (χ0v) is 14.9. The van der Waals surface area contributed by atoms with Gasteiger partial charge in [-0.2, -0.15) is 0 Å². The summed E-state index contributed by atoms with van der Waals surface area (Å²) in [5.74, 6) is 0.884. The number of carbonyl (C=O) groups excluding carboxylic acids is 1. The fraction of sp³-hybridized carbons (Fsp3) is 0.611. The van der Waals surface area contributed by atoms with Gasteiger partial charge in [-0.05, 0) is 56.1 Å². The maximum atomic E-state index is 12.2. The van der Waals surface area contributed by atoms with E-state index in [0.29, 0.717) is 11.6 Å². The van der Waals surface area contributed by atoms with Crippen molar-refractivity contribution in [2.45, 2.75) is 12.8 Å². The van der Waals surface area contributed by atoms with Gasteiger partial charge in [-0.25, -0.2) is 0 Å². The van der Waals surface area contributed by atoms with Gasteiger partial charge in [-0.3, -0.25) is 9.69 Å². The monoisotopic (exact) mass is 350 g/mol. The Balaban J connectivity index is 1.37. The van der Waals surface area contributed by atoms with Crippen LogP contribution >= 0.6 is 11.6 Å². The number of amides is 1. The molecule has 0 atom stereocenters. The van der Waals surface area contributed by atoms with Gasteiger partial charge in [-0.1, -0.05) is 11.6 Å². The van der Waals surface area contributed by atoms with Gasteiger partial charge < -0.3 is 15.5 Å². The number of hydrogen-bond acceptors (Lipinski definition) is 4. The lowest BCUT2D eigenvalue weighted by molar-refractivity contribution is -0.117. The lowest BCUT2D eigenvalue weighted by Crippen LogP contribution is -2.50. The van der Waals surface area contributed by atoms with E-state index in [0.717, 1.165) is 50.9 Å². The molecular formula is C18H27ClN4O. The minimum absolute atomic E-state index is 0.0455. The van der Waals surface area contributed by atoms with E-state index in [1.54, 1.807) is 12.1 Å². The Morgan fingerprint density at radius 1 is 1.08 bits per heavy atom. The maximum Gasteiger partial charge on any atom is 0.238 e. The Kier molecular flexibility index (Phi) is 6.49. The van der Waals surface area contributed by atoms with Crippen LogP contribution in [-0.4, -0.2) is 68.1 Å². The first-order valence-electron chi connectivity index (χ1n) is 8.90.